The second kappa shape index (κ2) is 4.10. The van der Waals surface area contributed by atoms with Crippen LogP contribution in [0, 0.1) is 0 Å². The summed E-state index contributed by atoms with van der Waals surface area (Å²) in [5.41, 5.74) is -1.39. The van der Waals surface area contributed by atoms with Crippen molar-refractivity contribution in [1.29, 1.82) is 0 Å². The fourth-order valence-electron chi connectivity index (χ4n) is 1.12. The van der Waals surface area contributed by atoms with Gasteiger partial charge in [-0.05, 0) is 23.7 Å². The smallest absolute Gasteiger partial charge is 0.337 e. The van der Waals surface area contributed by atoms with E-state index in [9.17, 15) is 14.4 Å². The standard InChI is InChI=1S/C9H5ClO5/c10-7(11)4-2-1-3-5(8(12)13)6(4)9(14)15/h1-3H,(H,12,13)(H,14,15). The van der Waals surface area contributed by atoms with Gasteiger partial charge in [-0.25, -0.2) is 9.59 Å². The van der Waals surface area contributed by atoms with Gasteiger partial charge in [0.25, 0.3) is 5.24 Å². The highest BCUT2D eigenvalue weighted by Crippen LogP contribution is 2.17. The normalized spacial score (nSPS) is 9.67. The first kappa shape index (κ1) is 11.2. The molecule has 0 fully saturated rings. The number of carboxylic acids is 2. The highest BCUT2D eigenvalue weighted by Gasteiger charge is 2.22. The van der Waals surface area contributed by atoms with Crippen LogP contribution in [0.15, 0.2) is 18.2 Å². The van der Waals surface area contributed by atoms with Crippen molar-refractivity contribution in [1.82, 2.24) is 0 Å². The Kier molecular flexibility index (Phi) is 3.06. The Bertz CT molecular complexity index is 420. The van der Waals surface area contributed by atoms with E-state index < -0.39 is 28.3 Å². The summed E-state index contributed by atoms with van der Waals surface area (Å²) in [5.74, 6) is -2.93. The molecule has 15 heavy (non-hydrogen) atoms. The highest BCUT2D eigenvalue weighted by molar-refractivity contribution is 6.68. The van der Waals surface area contributed by atoms with E-state index in [1.54, 1.807) is 0 Å². The van der Waals surface area contributed by atoms with E-state index in [0.717, 1.165) is 12.1 Å². The first-order valence-corrected chi connectivity index (χ1v) is 4.12. The van der Waals surface area contributed by atoms with E-state index in [-0.39, 0.29) is 5.56 Å². The molecule has 5 nitrogen and oxygen atoms in total. The third kappa shape index (κ3) is 2.13. The number of aromatic carboxylic acids is 2. The van der Waals surface area contributed by atoms with Gasteiger partial charge in [0.15, 0.2) is 0 Å². The van der Waals surface area contributed by atoms with Gasteiger partial charge in [0.2, 0.25) is 0 Å². The third-order valence-corrected chi connectivity index (χ3v) is 1.92. The Hall–Kier alpha value is -1.88. The molecule has 78 valence electrons. The van der Waals surface area contributed by atoms with Crippen LogP contribution in [-0.4, -0.2) is 27.4 Å². The molecule has 0 heterocycles. The number of hydrogen-bond donors (Lipinski definition) is 2. The minimum atomic E-state index is -1.50. The van der Waals surface area contributed by atoms with Gasteiger partial charge >= 0.3 is 11.9 Å². The van der Waals surface area contributed by atoms with Crippen LogP contribution in [0.1, 0.15) is 31.1 Å². The molecular weight excluding hydrogens is 224 g/mol. The lowest BCUT2D eigenvalue weighted by atomic mass is 10.0. The largest absolute Gasteiger partial charge is 0.478 e. The van der Waals surface area contributed by atoms with Crippen LogP contribution >= 0.6 is 11.6 Å². The maximum atomic E-state index is 10.9. The maximum Gasteiger partial charge on any atom is 0.337 e. The van der Waals surface area contributed by atoms with E-state index in [0.29, 0.717) is 0 Å². The molecule has 0 unspecified atom stereocenters. The summed E-state index contributed by atoms with van der Waals surface area (Å²) in [5, 5.41) is 16.5. The molecule has 6 heteroatoms. The van der Waals surface area contributed by atoms with Crippen molar-refractivity contribution in [2.75, 3.05) is 0 Å². The zero-order chi connectivity index (χ0) is 11.6. The number of halogens is 1. The topological polar surface area (TPSA) is 91.7 Å². The maximum absolute atomic E-state index is 10.9. The van der Waals surface area contributed by atoms with Crippen molar-refractivity contribution >= 4 is 28.8 Å². The fraction of sp³-hybridized carbons (Fsp3) is 0. The molecule has 0 atom stereocenters. The Labute approximate surface area is 88.9 Å². The van der Waals surface area contributed by atoms with Gasteiger partial charge < -0.3 is 10.2 Å². The van der Waals surface area contributed by atoms with E-state index in [1.807, 2.05) is 0 Å². The Morgan fingerprint density at radius 2 is 1.53 bits per heavy atom. The third-order valence-electron chi connectivity index (χ3n) is 1.72. The average molecular weight is 229 g/mol. The van der Waals surface area contributed by atoms with Gasteiger partial charge in [0, 0.05) is 5.56 Å². The second-order valence-electron chi connectivity index (χ2n) is 2.61. The molecule has 0 aliphatic rings. The summed E-state index contributed by atoms with van der Waals surface area (Å²) in [6.45, 7) is 0. The SMILES string of the molecule is O=C(O)c1cccc(C(=O)Cl)c1C(=O)O. The molecule has 1 aromatic rings. The van der Waals surface area contributed by atoms with Crippen molar-refractivity contribution in [3.05, 3.63) is 34.9 Å². The average Bonchev–Trinajstić information content (AvgIpc) is 2.16. The Morgan fingerprint density at radius 1 is 1.00 bits per heavy atom. The molecule has 0 bridgehead atoms. The Morgan fingerprint density at radius 3 is 1.93 bits per heavy atom. The number of carboxylic acid groups (broad SMARTS) is 2. The van der Waals surface area contributed by atoms with E-state index >= 15 is 0 Å². The van der Waals surface area contributed by atoms with Crippen LogP contribution in [0.5, 0.6) is 0 Å². The van der Waals surface area contributed by atoms with Crippen LogP contribution in [0.4, 0.5) is 0 Å². The van der Waals surface area contributed by atoms with Crippen LogP contribution < -0.4 is 0 Å². The second-order valence-corrected chi connectivity index (χ2v) is 2.96. The molecular formula is C9H5ClO5. The zero-order valence-electron chi connectivity index (χ0n) is 7.23. The summed E-state index contributed by atoms with van der Waals surface area (Å²) in [4.78, 5) is 32.3. The summed E-state index contributed by atoms with van der Waals surface area (Å²) in [7, 11) is 0. The number of hydrogen-bond acceptors (Lipinski definition) is 3. The fourth-order valence-corrected chi connectivity index (χ4v) is 1.28. The molecule has 1 rings (SSSR count). The summed E-state index contributed by atoms with van der Waals surface area (Å²) >= 11 is 5.13. The van der Waals surface area contributed by atoms with Crippen LogP contribution in [0.3, 0.4) is 0 Å². The monoisotopic (exact) mass is 228 g/mol. The molecule has 0 amide bonds. The lowest BCUT2D eigenvalue weighted by Gasteiger charge is -2.04. The van der Waals surface area contributed by atoms with E-state index in [2.05, 4.69) is 0 Å². The number of carbonyl (C=O) groups is 3. The first-order chi connectivity index (χ1) is 6.95. The zero-order valence-corrected chi connectivity index (χ0v) is 7.99. The predicted molar refractivity (Wildman–Crippen MR) is 50.5 cm³/mol. The molecule has 0 saturated carbocycles. The summed E-state index contributed by atoms with van der Waals surface area (Å²) in [6, 6.07) is 3.51. The van der Waals surface area contributed by atoms with Gasteiger partial charge in [-0.1, -0.05) is 6.07 Å². The minimum absolute atomic E-state index is 0.330. The summed E-state index contributed by atoms with van der Waals surface area (Å²) < 4.78 is 0. The number of benzene rings is 1. The van der Waals surface area contributed by atoms with Gasteiger partial charge in [0.05, 0.1) is 11.1 Å². The van der Waals surface area contributed by atoms with Crippen LogP contribution in [0.25, 0.3) is 0 Å². The van der Waals surface area contributed by atoms with Crippen molar-refractivity contribution in [2.45, 2.75) is 0 Å². The van der Waals surface area contributed by atoms with E-state index in [1.165, 1.54) is 6.07 Å². The van der Waals surface area contributed by atoms with Crippen LogP contribution in [-0.2, 0) is 0 Å². The molecule has 1 aromatic carbocycles. The quantitative estimate of drug-likeness (QED) is 0.764. The van der Waals surface area contributed by atoms with Gasteiger partial charge in [-0.15, -0.1) is 0 Å². The summed E-state index contributed by atoms with van der Waals surface area (Å²) in [6.07, 6.45) is 0. The molecule has 0 aliphatic heterocycles. The molecule has 0 saturated heterocycles. The predicted octanol–water partition coefficient (Wildman–Crippen LogP) is 1.46. The molecule has 2 N–H and O–H groups in total. The lowest BCUT2D eigenvalue weighted by Crippen LogP contribution is -2.12. The highest BCUT2D eigenvalue weighted by atomic mass is 35.5. The van der Waals surface area contributed by atoms with Gasteiger partial charge in [-0.3, -0.25) is 4.79 Å². The minimum Gasteiger partial charge on any atom is -0.478 e. The van der Waals surface area contributed by atoms with Crippen LogP contribution in [0.2, 0.25) is 0 Å². The van der Waals surface area contributed by atoms with Crippen molar-refractivity contribution in [3.63, 3.8) is 0 Å². The lowest BCUT2D eigenvalue weighted by molar-refractivity contribution is 0.0650. The van der Waals surface area contributed by atoms with E-state index in [4.69, 9.17) is 21.8 Å². The van der Waals surface area contributed by atoms with Crippen molar-refractivity contribution in [2.24, 2.45) is 0 Å². The van der Waals surface area contributed by atoms with Crippen molar-refractivity contribution < 1.29 is 24.6 Å². The molecule has 0 spiro atoms. The van der Waals surface area contributed by atoms with Gasteiger partial charge in [0.1, 0.15) is 0 Å². The molecule has 0 aliphatic carbocycles. The van der Waals surface area contributed by atoms with Gasteiger partial charge in [-0.2, -0.15) is 0 Å². The number of rotatable bonds is 3. The molecule has 0 aromatic heterocycles. The first-order valence-electron chi connectivity index (χ1n) is 3.74. The van der Waals surface area contributed by atoms with Crippen molar-refractivity contribution in [3.8, 4) is 0 Å². The molecule has 0 radical (unpaired) electrons. The Balaban J connectivity index is 3.56. The number of carbonyl (C=O) groups excluding carboxylic acids is 1.